The van der Waals surface area contributed by atoms with Gasteiger partial charge in [-0.05, 0) is 36.8 Å². The average Bonchev–Trinajstić information content (AvgIpc) is 2.46. The van der Waals surface area contributed by atoms with Gasteiger partial charge in [-0.3, -0.25) is 4.79 Å². The van der Waals surface area contributed by atoms with Crippen molar-refractivity contribution in [1.29, 1.82) is 0 Å². The fraction of sp³-hybridized carbons (Fsp3) is 0.667. The molecule has 2 rings (SSSR count). The Balaban J connectivity index is 1.93. The molecule has 20 heavy (non-hydrogen) atoms. The third-order valence-corrected chi connectivity index (χ3v) is 3.65. The first-order valence-corrected chi connectivity index (χ1v) is 7.43. The number of aromatic nitrogens is 2. The van der Waals surface area contributed by atoms with E-state index in [-0.39, 0.29) is 5.91 Å². The summed E-state index contributed by atoms with van der Waals surface area (Å²) in [6.07, 6.45) is 2.15. The van der Waals surface area contributed by atoms with Crippen molar-refractivity contribution in [3.05, 3.63) is 17.8 Å². The van der Waals surface area contributed by atoms with E-state index in [9.17, 15) is 4.79 Å². The first-order chi connectivity index (χ1) is 9.56. The standard InChI is InChI=1S/C15H24N4O/c1-11(2)10-16-14-5-4-13(17-18-14)15(20)19-8-6-12(3)7-9-19/h4-5,11-12H,6-10H2,1-3H3,(H,16,18). The normalized spacial score (nSPS) is 16.5. The molecule has 0 saturated carbocycles. The van der Waals surface area contributed by atoms with Crippen LogP contribution in [0.5, 0.6) is 0 Å². The van der Waals surface area contributed by atoms with E-state index in [2.05, 4.69) is 36.3 Å². The van der Waals surface area contributed by atoms with E-state index in [0.29, 0.717) is 17.5 Å². The quantitative estimate of drug-likeness (QED) is 0.917. The van der Waals surface area contributed by atoms with Crippen molar-refractivity contribution in [3.8, 4) is 0 Å². The van der Waals surface area contributed by atoms with Crippen molar-refractivity contribution in [1.82, 2.24) is 15.1 Å². The van der Waals surface area contributed by atoms with Crippen molar-refractivity contribution >= 4 is 11.7 Å². The zero-order valence-electron chi connectivity index (χ0n) is 12.6. The van der Waals surface area contributed by atoms with Crippen LogP contribution in [0.15, 0.2) is 12.1 Å². The predicted octanol–water partition coefficient (Wildman–Crippen LogP) is 2.42. The van der Waals surface area contributed by atoms with Crippen LogP contribution >= 0.6 is 0 Å². The minimum Gasteiger partial charge on any atom is -0.368 e. The SMILES string of the molecule is CC(C)CNc1ccc(C(=O)N2CCC(C)CC2)nn1. The van der Waals surface area contributed by atoms with E-state index in [4.69, 9.17) is 0 Å². The highest BCUT2D eigenvalue weighted by Gasteiger charge is 2.22. The molecule has 1 saturated heterocycles. The number of rotatable bonds is 4. The summed E-state index contributed by atoms with van der Waals surface area (Å²) in [4.78, 5) is 14.2. The summed E-state index contributed by atoms with van der Waals surface area (Å²) in [6.45, 7) is 9.01. The van der Waals surface area contributed by atoms with Crippen LogP contribution in [0.2, 0.25) is 0 Å². The Morgan fingerprint density at radius 1 is 1.35 bits per heavy atom. The molecular formula is C15H24N4O. The molecule has 2 heterocycles. The lowest BCUT2D eigenvalue weighted by Crippen LogP contribution is -2.38. The van der Waals surface area contributed by atoms with E-state index in [1.165, 1.54) is 0 Å². The molecule has 0 bridgehead atoms. The van der Waals surface area contributed by atoms with Gasteiger partial charge in [0.15, 0.2) is 5.69 Å². The molecule has 0 spiro atoms. The molecule has 0 atom stereocenters. The summed E-state index contributed by atoms with van der Waals surface area (Å²) in [5, 5.41) is 11.3. The Kier molecular flexibility index (Phi) is 4.93. The van der Waals surface area contributed by atoms with Crippen LogP contribution in [0.3, 0.4) is 0 Å². The first-order valence-electron chi connectivity index (χ1n) is 7.43. The van der Waals surface area contributed by atoms with E-state index in [1.54, 1.807) is 6.07 Å². The molecular weight excluding hydrogens is 252 g/mol. The third kappa shape index (κ3) is 3.92. The van der Waals surface area contributed by atoms with Crippen LogP contribution in [0.1, 0.15) is 44.1 Å². The maximum atomic E-state index is 12.3. The highest BCUT2D eigenvalue weighted by molar-refractivity contribution is 5.92. The lowest BCUT2D eigenvalue weighted by molar-refractivity contribution is 0.0690. The molecule has 1 N–H and O–H groups in total. The molecule has 0 aromatic carbocycles. The number of amides is 1. The predicted molar refractivity (Wildman–Crippen MR) is 79.7 cm³/mol. The summed E-state index contributed by atoms with van der Waals surface area (Å²) in [6, 6.07) is 3.59. The van der Waals surface area contributed by atoms with Gasteiger partial charge in [0.25, 0.3) is 5.91 Å². The second kappa shape index (κ2) is 6.68. The van der Waals surface area contributed by atoms with E-state index in [0.717, 1.165) is 38.3 Å². The Morgan fingerprint density at radius 2 is 2.05 bits per heavy atom. The van der Waals surface area contributed by atoms with E-state index in [1.807, 2.05) is 11.0 Å². The monoisotopic (exact) mass is 276 g/mol. The summed E-state index contributed by atoms with van der Waals surface area (Å²) < 4.78 is 0. The van der Waals surface area contributed by atoms with E-state index < -0.39 is 0 Å². The minimum absolute atomic E-state index is 0.000176. The smallest absolute Gasteiger partial charge is 0.274 e. The maximum absolute atomic E-state index is 12.3. The zero-order chi connectivity index (χ0) is 14.5. The van der Waals surface area contributed by atoms with Crippen LogP contribution in [0, 0.1) is 11.8 Å². The lowest BCUT2D eigenvalue weighted by atomic mass is 9.99. The summed E-state index contributed by atoms with van der Waals surface area (Å²) in [5.41, 5.74) is 0.439. The Bertz CT molecular complexity index is 436. The molecule has 1 aromatic heterocycles. The van der Waals surface area contributed by atoms with Crippen LogP contribution in [0.4, 0.5) is 5.82 Å². The van der Waals surface area contributed by atoms with Crippen molar-refractivity contribution in [2.24, 2.45) is 11.8 Å². The average molecular weight is 276 g/mol. The van der Waals surface area contributed by atoms with Gasteiger partial charge in [-0.2, -0.15) is 0 Å². The van der Waals surface area contributed by atoms with Gasteiger partial charge in [0.05, 0.1) is 0 Å². The van der Waals surface area contributed by atoms with Crippen LogP contribution < -0.4 is 5.32 Å². The number of piperidine rings is 1. The lowest BCUT2D eigenvalue weighted by Gasteiger charge is -2.29. The van der Waals surface area contributed by atoms with Gasteiger partial charge in [0, 0.05) is 19.6 Å². The number of nitrogens with one attached hydrogen (secondary N) is 1. The molecule has 1 aromatic rings. The molecule has 1 fully saturated rings. The second-order valence-corrected chi connectivity index (χ2v) is 6.05. The van der Waals surface area contributed by atoms with Gasteiger partial charge in [0.2, 0.25) is 0 Å². The molecule has 110 valence electrons. The number of nitrogens with zero attached hydrogens (tertiary/aromatic N) is 3. The molecule has 1 aliphatic heterocycles. The molecule has 1 amide bonds. The number of carbonyl (C=O) groups excluding carboxylic acids is 1. The van der Waals surface area contributed by atoms with Gasteiger partial charge in [-0.25, -0.2) is 0 Å². The van der Waals surface area contributed by atoms with Crippen molar-refractivity contribution in [2.75, 3.05) is 25.0 Å². The molecule has 0 radical (unpaired) electrons. The number of hydrogen-bond donors (Lipinski definition) is 1. The molecule has 1 aliphatic rings. The Morgan fingerprint density at radius 3 is 2.60 bits per heavy atom. The van der Waals surface area contributed by atoms with Crippen molar-refractivity contribution in [2.45, 2.75) is 33.6 Å². The molecule has 0 unspecified atom stereocenters. The Labute approximate surface area is 120 Å². The second-order valence-electron chi connectivity index (χ2n) is 6.05. The molecule has 5 nitrogen and oxygen atoms in total. The van der Waals surface area contributed by atoms with Crippen LogP contribution in [-0.4, -0.2) is 40.6 Å². The number of likely N-dealkylation sites (tertiary alicyclic amines) is 1. The van der Waals surface area contributed by atoms with Gasteiger partial charge in [-0.15, -0.1) is 10.2 Å². The topological polar surface area (TPSA) is 58.1 Å². The highest BCUT2D eigenvalue weighted by atomic mass is 16.2. The van der Waals surface area contributed by atoms with Gasteiger partial charge in [-0.1, -0.05) is 20.8 Å². The number of hydrogen-bond acceptors (Lipinski definition) is 4. The number of anilines is 1. The zero-order valence-corrected chi connectivity index (χ0v) is 12.6. The largest absolute Gasteiger partial charge is 0.368 e. The molecule has 0 aliphatic carbocycles. The maximum Gasteiger partial charge on any atom is 0.274 e. The van der Waals surface area contributed by atoms with Gasteiger partial charge in [0.1, 0.15) is 5.82 Å². The van der Waals surface area contributed by atoms with Gasteiger partial charge < -0.3 is 10.2 Å². The highest BCUT2D eigenvalue weighted by Crippen LogP contribution is 2.17. The molecule has 5 heteroatoms. The first kappa shape index (κ1) is 14.8. The van der Waals surface area contributed by atoms with Crippen molar-refractivity contribution < 1.29 is 4.79 Å². The van der Waals surface area contributed by atoms with Gasteiger partial charge >= 0.3 is 0 Å². The minimum atomic E-state index is -0.000176. The fourth-order valence-electron chi connectivity index (χ4n) is 2.22. The summed E-state index contributed by atoms with van der Waals surface area (Å²) in [5.74, 6) is 1.99. The van der Waals surface area contributed by atoms with Crippen LogP contribution in [-0.2, 0) is 0 Å². The number of carbonyl (C=O) groups is 1. The van der Waals surface area contributed by atoms with E-state index >= 15 is 0 Å². The third-order valence-electron chi connectivity index (χ3n) is 3.65. The van der Waals surface area contributed by atoms with Crippen molar-refractivity contribution in [3.63, 3.8) is 0 Å². The summed E-state index contributed by atoms with van der Waals surface area (Å²) in [7, 11) is 0. The fourth-order valence-corrected chi connectivity index (χ4v) is 2.22. The summed E-state index contributed by atoms with van der Waals surface area (Å²) >= 11 is 0. The van der Waals surface area contributed by atoms with Crippen LogP contribution in [0.25, 0.3) is 0 Å². The Hall–Kier alpha value is -1.65.